The molecule has 0 spiro atoms. The van der Waals surface area contributed by atoms with E-state index in [2.05, 4.69) is 27.9 Å². The molecule has 0 saturated carbocycles. The van der Waals surface area contributed by atoms with Gasteiger partial charge in [0.25, 0.3) is 0 Å². The van der Waals surface area contributed by atoms with Crippen LogP contribution in [0.1, 0.15) is 33.0 Å². The van der Waals surface area contributed by atoms with Crippen molar-refractivity contribution in [1.82, 2.24) is 19.8 Å². The van der Waals surface area contributed by atoms with Gasteiger partial charge in [-0.3, -0.25) is 9.59 Å². The molecule has 2 heterocycles. The summed E-state index contributed by atoms with van der Waals surface area (Å²) in [6, 6.07) is 8.22. The minimum absolute atomic E-state index is 0.0318. The van der Waals surface area contributed by atoms with Gasteiger partial charge in [-0.05, 0) is 32.9 Å². The first kappa shape index (κ1) is 17.5. The van der Waals surface area contributed by atoms with E-state index in [1.54, 1.807) is 4.90 Å². The smallest absolute Gasteiger partial charge is 0.225 e. The van der Waals surface area contributed by atoms with E-state index in [9.17, 15) is 9.59 Å². The van der Waals surface area contributed by atoms with Gasteiger partial charge in [0.05, 0.1) is 17.0 Å². The lowest BCUT2D eigenvalue weighted by Crippen LogP contribution is -2.36. The number of aromatic nitrogens is 2. The summed E-state index contributed by atoms with van der Waals surface area (Å²) in [5.74, 6) is 0.786. The van der Waals surface area contributed by atoms with Crippen LogP contribution in [0.25, 0.3) is 11.0 Å². The van der Waals surface area contributed by atoms with Crippen LogP contribution in [0.4, 0.5) is 0 Å². The Morgan fingerprint density at radius 1 is 1.36 bits per heavy atom. The number of amides is 2. The molecule has 25 heavy (non-hydrogen) atoms. The molecular formula is C19H26N4O2. The first-order valence-electron chi connectivity index (χ1n) is 9.02. The number of nitrogens with one attached hydrogen (secondary N) is 1. The molecule has 1 aromatic carbocycles. The third kappa shape index (κ3) is 3.52. The zero-order valence-electron chi connectivity index (χ0n) is 15.2. The Morgan fingerprint density at radius 2 is 2.12 bits per heavy atom. The second kappa shape index (κ2) is 7.25. The van der Waals surface area contributed by atoms with E-state index in [0.717, 1.165) is 23.4 Å². The van der Waals surface area contributed by atoms with Crippen LogP contribution in [0.2, 0.25) is 0 Å². The molecule has 0 unspecified atom stereocenters. The molecule has 6 nitrogen and oxygen atoms in total. The van der Waals surface area contributed by atoms with E-state index in [4.69, 9.17) is 0 Å². The van der Waals surface area contributed by atoms with Gasteiger partial charge in [-0.15, -0.1) is 0 Å². The first-order chi connectivity index (χ1) is 12.0. The fourth-order valence-corrected chi connectivity index (χ4v) is 3.52. The number of aryl methyl sites for hydroxylation is 1. The summed E-state index contributed by atoms with van der Waals surface area (Å²) in [6.07, 6.45) is 1.00. The van der Waals surface area contributed by atoms with E-state index in [1.807, 2.05) is 32.0 Å². The highest BCUT2D eigenvalue weighted by Gasteiger charge is 2.35. The van der Waals surface area contributed by atoms with Gasteiger partial charge < -0.3 is 14.8 Å². The van der Waals surface area contributed by atoms with Crippen LogP contribution < -0.4 is 5.32 Å². The van der Waals surface area contributed by atoms with Gasteiger partial charge in [0.15, 0.2) is 0 Å². The van der Waals surface area contributed by atoms with Crippen LogP contribution in [-0.4, -0.2) is 45.4 Å². The Hall–Kier alpha value is -2.37. The molecule has 1 atom stereocenters. The second-order valence-corrected chi connectivity index (χ2v) is 6.84. The van der Waals surface area contributed by atoms with E-state index in [1.165, 1.54) is 0 Å². The van der Waals surface area contributed by atoms with Gasteiger partial charge in [-0.1, -0.05) is 12.1 Å². The summed E-state index contributed by atoms with van der Waals surface area (Å²) in [4.78, 5) is 30.8. The van der Waals surface area contributed by atoms with Gasteiger partial charge in [0, 0.05) is 38.5 Å². The Kier molecular flexibility index (Phi) is 5.06. The molecule has 1 saturated heterocycles. The van der Waals surface area contributed by atoms with Crippen molar-refractivity contribution in [1.29, 1.82) is 0 Å². The summed E-state index contributed by atoms with van der Waals surface area (Å²) in [7, 11) is 0. The monoisotopic (exact) mass is 342 g/mol. The molecule has 1 aliphatic heterocycles. The maximum atomic E-state index is 12.4. The highest BCUT2D eigenvalue weighted by Crippen LogP contribution is 2.20. The highest BCUT2D eigenvalue weighted by molar-refractivity contribution is 5.89. The minimum Gasteiger partial charge on any atom is -0.355 e. The first-order valence-corrected chi connectivity index (χ1v) is 9.02. The molecule has 0 aliphatic carbocycles. The maximum absolute atomic E-state index is 12.4. The number of rotatable bonds is 6. The fraction of sp³-hybridized carbons (Fsp3) is 0.526. The number of likely N-dealkylation sites (tertiary alicyclic amines) is 1. The molecular weight excluding hydrogens is 316 g/mol. The molecule has 6 heteroatoms. The molecule has 2 amide bonds. The SMILES string of the molecule is CCn1c(CCNC(=O)[C@H]2CC(=O)N(C(C)C)C2)nc2ccccc21. The van der Waals surface area contributed by atoms with Gasteiger partial charge >= 0.3 is 0 Å². The zero-order valence-corrected chi connectivity index (χ0v) is 15.2. The number of hydrogen-bond donors (Lipinski definition) is 1. The maximum Gasteiger partial charge on any atom is 0.225 e. The van der Waals surface area contributed by atoms with Crippen molar-refractivity contribution >= 4 is 22.8 Å². The quantitative estimate of drug-likeness (QED) is 0.873. The lowest BCUT2D eigenvalue weighted by molar-refractivity contribution is -0.129. The molecule has 1 aliphatic rings. The molecule has 0 radical (unpaired) electrons. The van der Waals surface area contributed by atoms with E-state index in [0.29, 0.717) is 25.9 Å². The Morgan fingerprint density at radius 3 is 2.80 bits per heavy atom. The van der Waals surface area contributed by atoms with Crippen LogP contribution in [0.3, 0.4) is 0 Å². The Balaban J connectivity index is 1.58. The Labute approximate surface area is 148 Å². The average Bonchev–Trinajstić information content (AvgIpc) is 3.14. The lowest BCUT2D eigenvalue weighted by atomic mass is 10.1. The van der Waals surface area contributed by atoms with Crippen LogP contribution in [0.5, 0.6) is 0 Å². The van der Waals surface area contributed by atoms with Crippen molar-refractivity contribution in [3.8, 4) is 0 Å². The summed E-state index contributed by atoms with van der Waals surface area (Å²) in [5.41, 5.74) is 2.11. The van der Waals surface area contributed by atoms with Gasteiger partial charge in [0.2, 0.25) is 11.8 Å². The second-order valence-electron chi connectivity index (χ2n) is 6.84. The van der Waals surface area contributed by atoms with Gasteiger partial charge in [-0.2, -0.15) is 0 Å². The van der Waals surface area contributed by atoms with Gasteiger partial charge in [0.1, 0.15) is 5.82 Å². The highest BCUT2D eigenvalue weighted by atomic mass is 16.2. The molecule has 1 N–H and O–H groups in total. The Bertz CT molecular complexity index is 781. The van der Waals surface area contributed by atoms with Gasteiger partial charge in [-0.25, -0.2) is 4.98 Å². The number of fused-ring (bicyclic) bond motifs is 1. The number of benzene rings is 1. The zero-order chi connectivity index (χ0) is 18.0. The van der Waals surface area contributed by atoms with Crippen molar-refractivity contribution in [2.24, 2.45) is 5.92 Å². The van der Waals surface area contributed by atoms with Crippen molar-refractivity contribution in [3.05, 3.63) is 30.1 Å². The van der Waals surface area contributed by atoms with E-state index < -0.39 is 0 Å². The minimum atomic E-state index is -0.236. The fourth-order valence-electron chi connectivity index (χ4n) is 3.52. The van der Waals surface area contributed by atoms with Crippen LogP contribution in [0, 0.1) is 5.92 Å². The van der Waals surface area contributed by atoms with Crippen molar-refractivity contribution in [2.75, 3.05) is 13.1 Å². The summed E-state index contributed by atoms with van der Waals surface area (Å²) in [5, 5.41) is 2.98. The van der Waals surface area contributed by atoms with Crippen molar-refractivity contribution in [3.63, 3.8) is 0 Å². The summed E-state index contributed by atoms with van der Waals surface area (Å²) in [6.45, 7) is 7.97. The summed E-state index contributed by atoms with van der Waals surface area (Å²) < 4.78 is 2.18. The van der Waals surface area contributed by atoms with Crippen molar-refractivity contribution in [2.45, 2.75) is 46.2 Å². The van der Waals surface area contributed by atoms with Crippen LogP contribution in [-0.2, 0) is 22.6 Å². The van der Waals surface area contributed by atoms with E-state index >= 15 is 0 Å². The molecule has 1 aromatic heterocycles. The largest absolute Gasteiger partial charge is 0.355 e. The molecule has 2 aromatic rings. The number of nitrogens with zero attached hydrogens (tertiary/aromatic N) is 3. The predicted molar refractivity (Wildman–Crippen MR) is 97.1 cm³/mol. The predicted octanol–water partition coefficient (Wildman–Crippen LogP) is 1.97. The third-order valence-corrected chi connectivity index (χ3v) is 4.85. The normalized spacial score (nSPS) is 17.7. The van der Waals surface area contributed by atoms with E-state index in [-0.39, 0.29) is 23.8 Å². The number of imidazole rings is 1. The number of para-hydroxylation sites is 2. The number of hydrogen-bond acceptors (Lipinski definition) is 3. The van der Waals surface area contributed by atoms with Crippen LogP contribution >= 0.6 is 0 Å². The molecule has 3 rings (SSSR count). The topological polar surface area (TPSA) is 67.2 Å². The number of carbonyl (C=O) groups is 2. The average molecular weight is 342 g/mol. The summed E-state index contributed by atoms with van der Waals surface area (Å²) >= 11 is 0. The third-order valence-electron chi connectivity index (χ3n) is 4.85. The molecule has 0 bridgehead atoms. The molecule has 1 fully saturated rings. The lowest BCUT2D eigenvalue weighted by Gasteiger charge is -2.20. The van der Waals surface area contributed by atoms with Crippen molar-refractivity contribution < 1.29 is 9.59 Å². The molecule has 134 valence electrons. The number of carbonyl (C=O) groups excluding carboxylic acids is 2. The standard InChI is InChI=1S/C19H26N4O2/c1-4-22-16-8-6-5-7-15(16)21-17(22)9-10-20-19(25)14-11-18(24)23(12-14)13(2)3/h5-8,13-14H,4,9-12H2,1-3H3,(H,20,25)/t14-/m0/s1. The van der Waals surface area contributed by atoms with Crippen LogP contribution in [0.15, 0.2) is 24.3 Å².